The number of carbonyl (C=O) groups is 1. The minimum Gasteiger partial charge on any atom is -0.462 e. The average Bonchev–Trinajstić information content (AvgIpc) is 2.19. The molecule has 1 fully saturated rings. The van der Waals surface area contributed by atoms with Gasteiger partial charge in [-0.1, -0.05) is 6.92 Å². The molecule has 14 heavy (non-hydrogen) atoms. The summed E-state index contributed by atoms with van der Waals surface area (Å²) < 4.78 is 10.4. The van der Waals surface area contributed by atoms with E-state index in [0.29, 0.717) is 19.6 Å². The summed E-state index contributed by atoms with van der Waals surface area (Å²) in [5, 5.41) is 0. The lowest BCUT2D eigenvalue weighted by Crippen LogP contribution is -2.29. The highest BCUT2D eigenvalue weighted by Gasteiger charge is 2.18. The van der Waals surface area contributed by atoms with E-state index in [1.807, 2.05) is 6.92 Å². The molecular formula is C10H19NO3. The second-order valence-electron chi connectivity index (χ2n) is 3.67. The van der Waals surface area contributed by atoms with Gasteiger partial charge in [0.1, 0.15) is 6.10 Å². The van der Waals surface area contributed by atoms with Gasteiger partial charge in [0.15, 0.2) is 0 Å². The molecule has 0 spiro atoms. The average molecular weight is 201 g/mol. The Labute approximate surface area is 84.7 Å². The Morgan fingerprint density at radius 1 is 1.57 bits per heavy atom. The summed E-state index contributed by atoms with van der Waals surface area (Å²) >= 11 is 0. The van der Waals surface area contributed by atoms with E-state index in [-0.39, 0.29) is 18.1 Å². The summed E-state index contributed by atoms with van der Waals surface area (Å²) in [4.78, 5) is 11.3. The summed E-state index contributed by atoms with van der Waals surface area (Å²) in [6, 6.07) is -0.0673. The Hall–Kier alpha value is -0.610. The van der Waals surface area contributed by atoms with Crippen LogP contribution in [-0.2, 0) is 14.3 Å². The second-order valence-corrected chi connectivity index (χ2v) is 3.67. The highest BCUT2D eigenvalue weighted by molar-refractivity contribution is 5.70. The van der Waals surface area contributed by atoms with E-state index in [0.717, 1.165) is 19.3 Å². The van der Waals surface area contributed by atoms with E-state index in [1.54, 1.807) is 0 Å². The van der Waals surface area contributed by atoms with Crippen LogP contribution >= 0.6 is 0 Å². The Morgan fingerprint density at radius 2 is 2.21 bits per heavy atom. The molecule has 0 saturated carbocycles. The largest absolute Gasteiger partial charge is 0.462 e. The molecule has 2 N–H and O–H groups in total. The highest BCUT2D eigenvalue weighted by Crippen LogP contribution is 2.11. The first-order valence-electron chi connectivity index (χ1n) is 5.25. The fourth-order valence-electron chi connectivity index (χ4n) is 1.39. The van der Waals surface area contributed by atoms with Gasteiger partial charge in [0.25, 0.3) is 0 Å². The minimum atomic E-state index is -0.175. The first kappa shape index (κ1) is 11.5. The van der Waals surface area contributed by atoms with Gasteiger partial charge in [-0.25, -0.2) is 0 Å². The Bertz CT molecular complexity index is 178. The van der Waals surface area contributed by atoms with Crippen molar-refractivity contribution in [2.45, 2.75) is 44.8 Å². The molecule has 0 radical (unpaired) electrons. The number of hydrogen-bond donors (Lipinski definition) is 1. The predicted molar refractivity (Wildman–Crippen MR) is 52.8 cm³/mol. The molecule has 0 aromatic heterocycles. The number of rotatable bonds is 4. The molecule has 0 aromatic carbocycles. The molecular weight excluding hydrogens is 182 g/mol. The van der Waals surface area contributed by atoms with E-state index in [2.05, 4.69) is 0 Å². The van der Waals surface area contributed by atoms with Crippen LogP contribution in [0.4, 0.5) is 0 Å². The third-order valence-electron chi connectivity index (χ3n) is 2.42. The molecule has 0 amide bonds. The van der Waals surface area contributed by atoms with Crippen molar-refractivity contribution in [3.63, 3.8) is 0 Å². The van der Waals surface area contributed by atoms with Gasteiger partial charge >= 0.3 is 5.97 Å². The van der Waals surface area contributed by atoms with Gasteiger partial charge in [-0.2, -0.15) is 0 Å². The maximum absolute atomic E-state index is 11.3. The van der Waals surface area contributed by atoms with Crippen molar-refractivity contribution in [1.82, 2.24) is 0 Å². The number of nitrogens with two attached hydrogens (primary N) is 1. The lowest BCUT2D eigenvalue weighted by molar-refractivity contribution is -0.153. The zero-order valence-corrected chi connectivity index (χ0v) is 8.70. The predicted octanol–water partition coefficient (Wildman–Crippen LogP) is 0.836. The van der Waals surface area contributed by atoms with Crippen LogP contribution in [0.5, 0.6) is 0 Å². The van der Waals surface area contributed by atoms with Crippen molar-refractivity contribution in [2.75, 3.05) is 13.2 Å². The van der Waals surface area contributed by atoms with Gasteiger partial charge in [-0.3, -0.25) is 4.79 Å². The van der Waals surface area contributed by atoms with E-state index < -0.39 is 0 Å². The standard InChI is InChI=1S/C10H19NO3/c1-2-8(11)7-10(12)14-9-3-5-13-6-4-9/h8-9H,2-7,11H2,1H3. The zero-order valence-electron chi connectivity index (χ0n) is 8.70. The molecule has 0 aromatic rings. The number of ether oxygens (including phenoxy) is 2. The minimum absolute atomic E-state index is 0.0420. The molecule has 1 atom stereocenters. The molecule has 0 aliphatic carbocycles. The maximum Gasteiger partial charge on any atom is 0.307 e. The third-order valence-corrected chi connectivity index (χ3v) is 2.42. The Kier molecular flexibility index (Phi) is 4.90. The summed E-state index contributed by atoms with van der Waals surface area (Å²) in [5.74, 6) is -0.175. The molecule has 1 rings (SSSR count). The quantitative estimate of drug-likeness (QED) is 0.684. The van der Waals surface area contributed by atoms with Crippen LogP contribution in [0.3, 0.4) is 0 Å². The SMILES string of the molecule is CCC(N)CC(=O)OC1CCOCC1. The van der Waals surface area contributed by atoms with Gasteiger partial charge < -0.3 is 15.2 Å². The molecule has 1 aliphatic heterocycles. The van der Waals surface area contributed by atoms with Crippen molar-refractivity contribution >= 4 is 5.97 Å². The molecule has 1 saturated heterocycles. The van der Waals surface area contributed by atoms with Crippen LogP contribution in [-0.4, -0.2) is 31.3 Å². The highest BCUT2D eigenvalue weighted by atomic mass is 16.6. The maximum atomic E-state index is 11.3. The van der Waals surface area contributed by atoms with E-state index in [4.69, 9.17) is 15.2 Å². The molecule has 1 unspecified atom stereocenters. The summed E-state index contributed by atoms with van der Waals surface area (Å²) in [6.07, 6.45) is 2.80. The topological polar surface area (TPSA) is 61.6 Å². The van der Waals surface area contributed by atoms with Crippen molar-refractivity contribution in [1.29, 1.82) is 0 Å². The fourth-order valence-corrected chi connectivity index (χ4v) is 1.39. The molecule has 1 heterocycles. The zero-order chi connectivity index (χ0) is 10.4. The summed E-state index contributed by atoms with van der Waals surface area (Å²) in [6.45, 7) is 3.35. The third kappa shape index (κ3) is 4.07. The number of carbonyl (C=O) groups excluding carboxylic acids is 1. The van der Waals surface area contributed by atoms with Crippen LogP contribution in [0.25, 0.3) is 0 Å². The molecule has 4 heteroatoms. The van der Waals surface area contributed by atoms with Crippen molar-refractivity contribution in [3.05, 3.63) is 0 Å². The Morgan fingerprint density at radius 3 is 2.79 bits per heavy atom. The van der Waals surface area contributed by atoms with Crippen LogP contribution in [0.2, 0.25) is 0 Å². The van der Waals surface area contributed by atoms with Gasteiger partial charge in [-0.15, -0.1) is 0 Å². The van der Waals surface area contributed by atoms with Crippen molar-refractivity contribution in [2.24, 2.45) is 5.73 Å². The number of esters is 1. The van der Waals surface area contributed by atoms with Crippen LogP contribution in [0.1, 0.15) is 32.6 Å². The number of hydrogen-bond acceptors (Lipinski definition) is 4. The lowest BCUT2D eigenvalue weighted by atomic mass is 10.1. The van der Waals surface area contributed by atoms with Crippen LogP contribution in [0, 0.1) is 0 Å². The first-order valence-corrected chi connectivity index (χ1v) is 5.25. The first-order chi connectivity index (χ1) is 6.72. The van der Waals surface area contributed by atoms with Crippen molar-refractivity contribution in [3.8, 4) is 0 Å². The lowest BCUT2D eigenvalue weighted by Gasteiger charge is -2.22. The fraction of sp³-hybridized carbons (Fsp3) is 0.900. The molecule has 82 valence electrons. The van der Waals surface area contributed by atoms with Gasteiger partial charge in [0.2, 0.25) is 0 Å². The van der Waals surface area contributed by atoms with Crippen LogP contribution in [0.15, 0.2) is 0 Å². The van der Waals surface area contributed by atoms with Crippen LogP contribution < -0.4 is 5.73 Å². The van der Waals surface area contributed by atoms with Gasteiger partial charge in [-0.05, 0) is 6.42 Å². The molecule has 0 bridgehead atoms. The van der Waals surface area contributed by atoms with E-state index in [9.17, 15) is 4.79 Å². The normalized spacial score (nSPS) is 20.4. The Balaban J connectivity index is 2.18. The van der Waals surface area contributed by atoms with E-state index >= 15 is 0 Å². The van der Waals surface area contributed by atoms with Crippen molar-refractivity contribution < 1.29 is 14.3 Å². The summed E-state index contributed by atoms with van der Waals surface area (Å²) in [7, 11) is 0. The second kappa shape index (κ2) is 5.98. The smallest absolute Gasteiger partial charge is 0.307 e. The monoisotopic (exact) mass is 201 g/mol. The van der Waals surface area contributed by atoms with Gasteiger partial charge in [0, 0.05) is 18.9 Å². The molecule has 4 nitrogen and oxygen atoms in total. The van der Waals surface area contributed by atoms with Gasteiger partial charge in [0.05, 0.1) is 19.6 Å². The van der Waals surface area contributed by atoms with E-state index in [1.165, 1.54) is 0 Å². The molecule has 1 aliphatic rings. The summed E-state index contributed by atoms with van der Waals surface area (Å²) in [5.41, 5.74) is 5.65.